The van der Waals surface area contributed by atoms with E-state index in [4.69, 9.17) is 17.3 Å². The Bertz CT molecular complexity index is 475. The summed E-state index contributed by atoms with van der Waals surface area (Å²) in [6.07, 6.45) is -3.04. The fourth-order valence-corrected chi connectivity index (χ4v) is 1.87. The van der Waals surface area contributed by atoms with Crippen LogP contribution in [0.3, 0.4) is 0 Å². The minimum absolute atomic E-state index is 0.00852. The Labute approximate surface area is 120 Å². The van der Waals surface area contributed by atoms with Crippen LogP contribution in [0.2, 0.25) is 5.02 Å². The quantitative estimate of drug-likeness (QED) is 0.869. The first kappa shape index (κ1) is 16.8. The number of hydrogen-bond donors (Lipinski definition) is 2. The molecule has 1 rings (SSSR count). The number of hydrogen-bond acceptors (Lipinski definition) is 2. The van der Waals surface area contributed by atoms with Crippen molar-refractivity contribution in [3.63, 3.8) is 0 Å². The lowest BCUT2D eigenvalue weighted by Gasteiger charge is -2.11. The highest BCUT2D eigenvalue weighted by atomic mass is 35.5. The van der Waals surface area contributed by atoms with Crippen molar-refractivity contribution in [2.75, 3.05) is 5.32 Å². The van der Waals surface area contributed by atoms with Gasteiger partial charge in [-0.2, -0.15) is 13.2 Å². The van der Waals surface area contributed by atoms with Gasteiger partial charge in [0, 0.05) is 23.2 Å². The van der Waals surface area contributed by atoms with Gasteiger partial charge >= 0.3 is 6.18 Å². The lowest BCUT2D eigenvalue weighted by molar-refractivity contribution is -0.137. The largest absolute Gasteiger partial charge is 0.416 e. The molecule has 0 saturated carbocycles. The van der Waals surface area contributed by atoms with Gasteiger partial charge in [0.05, 0.1) is 5.56 Å². The van der Waals surface area contributed by atoms with Gasteiger partial charge in [-0.05, 0) is 38.0 Å². The van der Waals surface area contributed by atoms with E-state index >= 15 is 0 Å². The Balaban J connectivity index is 2.68. The van der Waals surface area contributed by atoms with Crippen LogP contribution in [0.1, 0.15) is 31.7 Å². The van der Waals surface area contributed by atoms with Crippen molar-refractivity contribution in [2.45, 2.75) is 38.4 Å². The van der Waals surface area contributed by atoms with Crippen LogP contribution in [0.15, 0.2) is 18.2 Å². The van der Waals surface area contributed by atoms with E-state index in [1.165, 1.54) is 6.07 Å². The van der Waals surface area contributed by atoms with E-state index in [-0.39, 0.29) is 29.1 Å². The van der Waals surface area contributed by atoms with Gasteiger partial charge in [0.25, 0.3) is 0 Å². The molecule has 3 nitrogen and oxygen atoms in total. The second kappa shape index (κ2) is 6.95. The third-order valence-corrected chi connectivity index (χ3v) is 2.79. The number of rotatable bonds is 5. The molecule has 0 aliphatic rings. The first-order chi connectivity index (χ1) is 9.18. The van der Waals surface area contributed by atoms with E-state index in [0.29, 0.717) is 12.8 Å². The maximum Gasteiger partial charge on any atom is 0.416 e. The molecule has 1 aromatic carbocycles. The van der Waals surface area contributed by atoms with Crippen LogP contribution in [0.4, 0.5) is 18.9 Å². The third kappa shape index (κ3) is 5.79. The molecule has 1 aromatic rings. The van der Waals surface area contributed by atoms with Gasteiger partial charge in [0.2, 0.25) is 5.91 Å². The van der Waals surface area contributed by atoms with Crippen molar-refractivity contribution in [3.8, 4) is 0 Å². The lowest BCUT2D eigenvalue weighted by Crippen LogP contribution is -2.17. The number of nitrogens with one attached hydrogen (secondary N) is 1. The average molecular weight is 309 g/mol. The van der Waals surface area contributed by atoms with Crippen LogP contribution in [-0.4, -0.2) is 11.9 Å². The second-order valence-electron chi connectivity index (χ2n) is 4.64. The van der Waals surface area contributed by atoms with E-state index < -0.39 is 11.7 Å². The van der Waals surface area contributed by atoms with Crippen LogP contribution in [0.5, 0.6) is 0 Å². The maximum absolute atomic E-state index is 12.6. The smallest absolute Gasteiger partial charge is 0.328 e. The summed E-state index contributed by atoms with van der Waals surface area (Å²) in [5.74, 6) is -0.360. The van der Waals surface area contributed by atoms with Crippen molar-refractivity contribution < 1.29 is 18.0 Å². The average Bonchev–Trinajstić information content (AvgIpc) is 2.26. The number of alkyl halides is 3. The number of amides is 1. The Kier molecular flexibility index (Phi) is 5.83. The number of halogens is 4. The predicted octanol–water partition coefficient (Wildman–Crippen LogP) is 3.81. The number of anilines is 1. The molecule has 0 aliphatic heterocycles. The van der Waals surface area contributed by atoms with Crippen molar-refractivity contribution in [2.24, 2.45) is 5.73 Å². The predicted molar refractivity (Wildman–Crippen MR) is 72.6 cm³/mol. The van der Waals surface area contributed by atoms with Crippen molar-refractivity contribution in [1.29, 1.82) is 0 Å². The molecule has 0 fully saturated rings. The number of nitrogens with two attached hydrogens (primary N) is 1. The fraction of sp³-hybridized carbons (Fsp3) is 0.462. The lowest BCUT2D eigenvalue weighted by atomic mass is 10.1. The zero-order valence-corrected chi connectivity index (χ0v) is 11.7. The van der Waals surface area contributed by atoms with Gasteiger partial charge in [-0.1, -0.05) is 11.6 Å². The summed E-state index contributed by atoms with van der Waals surface area (Å²) >= 11 is 5.62. The van der Waals surface area contributed by atoms with Gasteiger partial charge in [-0.25, -0.2) is 0 Å². The molecular weight excluding hydrogens is 293 g/mol. The van der Waals surface area contributed by atoms with E-state index in [1.807, 2.05) is 6.92 Å². The number of carbonyl (C=O) groups excluding carboxylic acids is 1. The Morgan fingerprint density at radius 3 is 2.60 bits per heavy atom. The highest BCUT2D eigenvalue weighted by Gasteiger charge is 2.31. The second-order valence-corrected chi connectivity index (χ2v) is 5.08. The van der Waals surface area contributed by atoms with Gasteiger partial charge < -0.3 is 11.1 Å². The fourth-order valence-electron chi connectivity index (χ4n) is 1.63. The summed E-state index contributed by atoms with van der Waals surface area (Å²) in [7, 11) is 0. The van der Waals surface area contributed by atoms with Gasteiger partial charge in [0.15, 0.2) is 0 Å². The van der Waals surface area contributed by atoms with E-state index in [9.17, 15) is 18.0 Å². The normalized spacial score (nSPS) is 13.1. The van der Waals surface area contributed by atoms with Crippen LogP contribution >= 0.6 is 11.6 Å². The van der Waals surface area contributed by atoms with Crippen molar-refractivity contribution in [3.05, 3.63) is 28.8 Å². The summed E-state index contributed by atoms with van der Waals surface area (Å²) in [6, 6.07) is 2.94. The molecule has 0 heterocycles. The molecule has 0 aromatic heterocycles. The highest BCUT2D eigenvalue weighted by molar-refractivity contribution is 6.31. The molecule has 0 saturated heterocycles. The standard InChI is InChI=1S/C13H16ClF3N2O/c1-8(18)3-2-4-12(20)19-11-6-9(13(15,16)17)5-10(14)7-11/h5-8H,2-4,18H2,1H3,(H,19,20). The summed E-state index contributed by atoms with van der Waals surface area (Å²) in [4.78, 5) is 11.6. The van der Waals surface area contributed by atoms with E-state index in [0.717, 1.165) is 12.1 Å². The van der Waals surface area contributed by atoms with E-state index in [2.05, 4.69) is 5.32 Å². The van der Waals surface area contributed by atoms with Crippen LogP contribution in [0.25, 0.3) is 0 Å². The molecule has 7 heteroatoms. The van der Waals surface area contributed by atoms with Crippen molar-refractivity contribution in [1.82, 2.24) is 0 Å². The van der Waals surface area contributed by atoms with Gasteiger partial charge in [-0.3, -0.25) is 4.79 Å². The third-order valence-electron chi connectivity index (χ3n) is 2.57. The van der Waals surface area contributed by atoms with Crippen LogP contribution in [-0.2, 0) is 11.0 Å². The van der Waals surface area contributed by atoms with E-state index in [1.54, 1.807) is 0 Å². The first-order valence-corrected chi connectivity index (χ1v) is 6.49. The molecule has 20 heavy (non-hydrogen) atoms. The molecule has 1 atom stereocenters. The molecule has 0 spiro atoms. The Hall–Kier alpha value is -1.27. The molecule has 3 N–H and O–H groups in total. The SMILES string of the molecule is CC(N)CCCC(=O)Nc1cc(Cl)cc(C(F)(F)F)c1. The Morgan fingerprint density at radius 1 is 1.40 bits per heavy atom. The molecule has 1 amide bonds. The minimum Gasteiger partial charge on any atom is -0.328 e. The van der Waals surface area contributed by atoms with Gasteiger partial charge in [-0.15, -0.1) is 0 Å². The topological polar surface area (TPSA) is 55.1 Å². The zero-order chi connectivity index (χ0) is 15.3. The molecule has 1 unspecified atom stereocenters. The highest BCUT2D eigenvalue weighted by Crippen LogP contribution is 2.33. The molecular formula is C13H16ClF3N2O. The molecule has 0 radical (unpaired) electrons. The number of benzene rings is 1. The molecule has 112 valence electrons. The summed E-state index contributed by atoms with van der Waals surface area (Å²) < 4.78 is 37.8. The summed E-state index contributed by atoms with van der Waals surface area (Å²) in [5, 5.41) is 2.33. The van der Waals surface area contributed by atoms with Gasteiger partial charge in [0.1, 0.15) is 0 Å². The van der Waals surface area contributed by atoms with Crippen LogP contribution < -0.4 is 11.1 Å². The number of carbonyl (C=O) groups is 1. The molecule has 0 bridgehead atoms. The molecule has 0 aliphatic carbocycles. The summed E-state index contributed by atoms with van der Waals surface area (Å²) in [5.41, 5.74) is 4.69. The van der Waals surface area contributed by atoms with Crippen LogP contribution in [0, 0.1) is 0 Å². The first-order valence-electron chi connectivity index (χ1n) is 6.11. The monoisotopic (exact) mass is 308 g/mol. The minimum atomic E-state index is -4.50. The summed E-state index contributed by atoms with van der Waals surface area (Å²) in [6.45, 7) is 1.82. The maximum atomic E-state index is 12.6. The van der Waals surface area contributed by atoms with Crippen molar-refractivity contribution >= 4 is 23.2 Å². The Morgan fingerprint density at radius 2 is 2.05 bits per heavy atom. The zero-order valence-electron chi connectivity index (χ0n) is 10.9.